The third-order valence-electron chi connectivity index (χ3n) is 9.13. The number of carbonyl (C=O) groups is 2. The van der Waals surface area contributed by atoms with Crippen molar-refractivity contribution in [2.75, 3.05) is 54.2 Å². The van der Waals surface area contributed by atoms with Crippen molar-refractivity contribution in [2.45, 2.75) is 200 Å². The molecule has 0 N–H and O–H groups in total. The quantitative estimate of drug-likeness (QED) is 0.0262. The van der Waals surface area contributed by atoms with Crippen LogP contribution in [-0.2, 0) is 32.7 Å². The molecule has 0 saturated heterocycles. The largest absolute Gasteiger partial charge is 0.756 e. The van der Waals surface area contributed by atoms with E-state index in [1.54, 1.807) is 0 Å². The topological polar surface area (TPSA) is 111 Å². The van der Waals surface area contributed by atoms with E-state index in [2.05, 4.69) is 22.8 Å². The predicted octanol–water partition coefficient (Wildman–Crippen LogP) is 11.7. The van der Waals surface area contributed by atoms with Crippen LogP contribution in [0.5, 0.6) is 0 Å². The van der Waals surface area contributed by atoms with E-state index in [9.17, 15) is 19.0 Å². The number of phosphoric acid groups is 1. The number of rotatable bonds is 38. The van der Waals surface area contributed by atoms with Gasteiger partial charge in [0.15, 0.2) is 6.10 Å². The second kappa shape index (κ2) is 40.1. The van der Waals surface area contributed by atoms with Crippen molar-refractivity contribution in [3.8, 4) is 0 Å². The molecule has 53 heavy (non-hydrogen) atoms. The van der Waals surface area contributed by atoms with Crippen LogP contribution in [0.4, 0.5) is 0 Å². The van der Waals surface area contributed by atoms with Crippen LogP contribution in [0.3, 0.4) is 0 Å². The highest BCUT2D eigenvalue weighted by Crippen LogP contribution is 2.38. The normalized spacial score (nSPS) is 14.1. The van der Waals surface area contributed by atoms with Gasteiger partial charge in [0.1, 0.15) is 19.8 Å². The van der Waals surface area contributed by atoms with Gasteiger partial charge in [0.25, 0.3) is 7.82 Å². The highest BCUT2D eigenvalue weighted by molar-refractivity contribution is 8.02. The Morgan fingerprint density at radius 3 is 1.34 bits per heavy atom. The number of quaternary nitrogens is 1. The molecule has 0 aliphatic rings. The van der Waals surface area contributed by atoms with Gasteiger partial charge in [-0.1, -0.05) is 168 Å². The van der Waals surface area contributed by atoms with Crippen molar-refractivity contribution in [1.29, 1.82) is 1.28 Å². The minimum absolute atomic E-state index is 0.0259. The highest BCUT2D eigenvalue weighted by Gasteiger charge is 2.21. The van der Waals surface area contributed by atoms with Crippen LogP contribution in [0.2, 0.25) is 0 Å². The van der Waals surface area contributed by atoms with Gasteiger partial charge in [0.2, 0.25) is 0 Å². The van der Waals surface area contributed by atoms with Crippen LogP contribution in [0.1, 0.15) is 194 Å². The summed E-state index contributed by atoms with van der Waals surface area (Å²) in [5, 5.41) is 0. The van der Waals surface area contributed by atoms with Gasteiger partial charge in [-0.15, -0.1) is 17.1 Å². The van der Waals surface area contributed by atoms with Crippen LogP contribution < -0.4 is 4.89 Å². The Bertz CT molecular complexity index is 892. The molecule has 0 spiro atoms. The molecular weight excluding hydrogens is 727 g/mol. The predicted molar refractivity (Wildman–Crippen MR) is 228 cm³/mol. The highest BCUT2D eigenvalue weighted by atomic mass is 32.0. The molecule has 0 fully saturated rings. The third-order valence-corrected chi connectivity index (χ3v) is 10.1. The summed E-state index contributed by atoms with van der Waals surface area (Å²) in [6.45, 7) is 6.10. The monoisotopic (exact) mass is 815 g/mol. The molecule has 318 valence electrons. The van der Waals surface area contributed by atoms with Crippen LogP contribution in [-0.4, -0.2) is 78.0 Å². The van der Waals surface area contributed by atoms with E-state index < -0.39 is 34.7 Å². The Labute approximate surface area is 333 Å². The molecular formula is C41H86NO8P3. The SMILES string of the molecule is CCCCCCCCCCCCCCCC(=O)OCC(COP(=O)([O-])OCC[N+](C)(C)C)OC(=O)CCCCCCCCCCCCCCC.[2H]P(C)P. The summed E-state index contributed by atoms with van der Waals surface area (Å²) in [4.78, 5) is 37.4. The number of hydrogen-bond acceptors (Lipinski definition) is 8. The Morgan fingerprint density at radius 2 is 0.981 bits per heavy atom. The van der Waals surface area contributed by atoms with E-state index >= 15 is 0 Å². The van der Waals surface area contributed by atoms with Crippen molar-refractivity contribution in [2.24, 2.45) is 0 Å². The number of likely N-dealkylation sites (N-methyl/N-ethyl adjacent to an activating group) is 1. The fourth-order valence-corrected chi connectivity index (χ4v) is 6.56. The first-order valence-corrected chi connectivity index (χ1v) is 25.9. The second-order valence-corrected chi connectivity index (χ2v) is 19.1. The first-order valence-electron chi connectivity index (χ1n) is 21.9. The summed E-state index contributed by atoms with van der Waals surface area (Å²) < 4.78 is 40.4. The molecule has 4 unspecified atom stereocenters. The van der Waals surface area contributed by atoms with E-state index in [4.69, 9.17) is 19.8 Å². The summed E-state index contributed by atoms with van der Waals surface area (Å²) in [7, 11) is 3.11. The summed E-state index contributed by atoms with van der Waals surface area (Å²) in [5.41, 5.74) is 0. The van der Waals surface area contributed by atoms with E-state index in [-0.39, 0.29) is 32.0 Å². The number of phosphoric ester groups is 1. The lowest BCUT2D eigenvalue weighted by Gasteiger charge is -2.28. The third kappa shape index (κ3) is 46.2. The zero-order valence-corrected chi connectivity index (χ0v) is 38.3. The van der Waals surface area contributed by atoms with Crippen molar-refractivity contribution < 1.29 is 42.1 Å². The van der Waals surface area contributed by atoms with Crippen LogP contribution >= 0.6 is 25.0 Å². The van der Waals surface area contributed by atoms with Gasteiger partial charge in [-0.3, -0.25) is 14.2 Å². The first-order chi connectivity index (χ1) is 25.7. The molecule has 0 heterocycles. The van der Waals surface area contributed by atoms with Gasteiger partial charge >= 0.3 is 11.9 Å². The van der Waals surface area contributed by atoms with Gasteiger partial charge in [-0.2, -0.15) is 0 Å². The maximum atomic E-state index is 12.6. The molecule has 0 aromatic carbocycles. The maximum Gasteiger partial charge on any atom is 0.306 e. The standard InChI is InChI=1S/C40H80NO8P.CH6P2/c1-6-8-10-12-14-16-18-20-22-24-26-28-30-32-39(42)46-36-38(37-48-50(44,45)47-35-34-41(3,4)5)49-40(43)33-31-29-27-25-23-21-19-17-15-13-11-9-7-2;1-3-2/h38H,6-37H2,1-5H3;3H,2H2,1H3/i;3D. The van der Waals surface area contributed by atoms with E-state index in [0.29, 0.717) is 17.4 Å². The lowest BCUT2D eigenvalue weighted by molar-refractivity contribution is -0.870. The van der Waals surface area contributed by atoms with Gasteiger partial charge in [0.05, 0.1) is 29.0 Å². The number of carbonyl (C=O) groups excluding carboxylic acids is 2. The fraction of sp³-hybridized carbons (Fsp3) is 0.951. The molecule has 12 heteroatoms. The van der Waals surface area contributed by atoms with Gasteiger partial charge < -0.3 is 27.9 Å². The summed E-state index contributed by atoms with van der Waals surface area (Å²) in [5.74, 6) is -0.823. The average molecular weight is 815 g/mol. The summed E-state index contributed by atoms with van der Waals surface area (Å²) in [6, 6.07) is 0. The fourth-order valence-electron chi connectivity index (χ4n) is 5.83. The van der Waals surface area contributed by atoms with Gasteiger partial charge in [0, 0.05) is 12.8 Å². The first kappa shape index (κ1) is 52.9. The van der Waals surface area contributed by atoms with Gasteiger partial charge in [-0.25, -0.2) is 0 Å². The van der Waals surface area contributed by atoms with Crippen molar-refractivity contribution >= 4 is 36.9 Å². The summed E-state index contributed by atoms with van der Waals surface area (Å²) in [6.07, 6.45) is 31.2. The minimum atomic E-state index is -4.61. The number of hydrogen-bond donors (Lipinski definition) is 0. The molecule has 0 radical (unpaired) electrons. The molecule has 0 aromatic rings. The molecule has 4 atom stereocenters. The zero-order chi connectivity index (χ0) is 40.8. The lowest BCUT2D eigenvalue weighted by atomic mass is 10.0. The number of unbranched alkanes of at least 4 members (excludes halogenated alkanes) is 24. The summed E-state index contributed by atoms with van der Waals surface area (Å²) >= 11 is 0. The van der Waals surface area contributed by atoms with Crippen molar-refractivity contribution in [3.05, 3.63) is 0 Å². The van der Waals surface area contributed by atoms with Crippen LogP contribution in [0.15, 0.2) is 0 Å². The number of ether oxygens (including phenoxy) is 2. The van der Waals surface area contributed by atoms with Crippen LogP contribution in [0, 0.1) is 0 Å². The van der Waals surface area contributed by atoms with Crippen molar-refractivity contribution in [3.63, 3.8) is 0 Å². The molecule has 0 aliphatic carbocycles. The molecule has 0 aliphatic heterocycles. The second-order valence-electron chi connectivity index (χ2n) is 15.6. The number of nitrogens with zero attached hydrogens (tertiary/aromatic N) is 1. The molecule has 0 rings (SSSR count). The maximum absolute atomic E-state index is 12.6. The molecule has 0 saturated carbocycles. The molecule has 0 aromatic heterocycles. The molecule has 0 amide bonds. The van der Waals surface area contributed by atoms with Gasteiger partial charge in [-0.05, 0) is 19.5 Å². The lowest BCUT2D eigenvalue weighted by Crippen LogP contribution is -2.37. The van der Waals surface area contributed by atoms with E-state index in [1.165, 1.54) is 128 Å². The smallest absolute Gasteiger partial charge is 0.306 e. The zero-order valence-electron chi connectivity index (χ0n) is 36.4. The number of esters is 2. The Balaban J connectivity index is 0. The van der Waals surface area contributed by atoms with E-state index in [0.717, 1.165) is 32.1 Å². The Hall–Kier alpha value is -0.130. The van der Waals surface area contributed by atoms with E-state index in [1.807, 2.05) is 27.8 Å². The molecule has 0 bridgehead atoms. The average Bonchev–Trinajstić information content (AvgIpc) is 3.09. The van der Waals surface area contributed by atoms with Crippen LogP contribution in [0.25, 0.3) is 0 Å². The molecule has 9 nitrogen and oxygen atoms in total. The Morgan fingerprint density at radius 1 is 0.642 bits per heavy atom. The Kier molecular flexibility index (Phi) is 40.0. The minimum Gasteiger partial charge on any atom is -0.756 e. The van der Waals surface area contributed by atoms with Crippen molar-refractivity contribution in [1.82, 2.24) is 0 Å².